The Balaban J connectivity index is 0.00000112. The third-order valence-electron chi connectivity index (χ3n) is 2.15. The molecule has 0 aliphatic carbocycles. The summed E-state index contributed by atoms with van der Waals surface area (Å²) >= 11 is 11.7. The molecule has 1 fully saturated rings. The Bertz CT molecular complexity index is 306. The Morgan fingerprint density at radius 1 is 1.20 bits per heavy atom. The average Bonchev–Trinajstić information content (AvgIpc) is 2.54. The molecule has 1 atom stereocenters. The smallest absolute Gasteiger partial charge is 0.122 e. The van der Waals surface area contributed by atoms with E-state index in [1.165, 1.54) is 0 Å². The second kappa shape index (κ2) is 5.80. The van der Waals surface area contributed by atoms with Gasteiger partial charge in [-0.3, -0.25) is 0 Å². The predicted molar refractivity (Wildman–Crippen MR) is 65.6 cm³/mol. The average molecular weight is 269 g/mol. The van der Waals surface area contributed by atoms with E-state index in [-0.39, 0.29) is 18.5 Å². The number of rotatable bonds is 2. The van der Waals surface area contributed by atoms with Crippen LogP contribution < -0.4 is 10.1 Å². The highest BCUT2D eigenvalue weighted by Crippen LogP contribution is 2.25. The molecule has 1 aromatic rings. The molecule has 0 spiro atoms. The second-order valence-corrected chi connectivity index (χ2v) is 4.21. The summed E-state index contributed by atoms with van der Waals surface area (Å²) in [4.78, 5) is 0. The third-order valence-corrected chi connectivity index (χ3v) is 2.59. The lowest BCUT2D eigenvalue weighted by Gasteiger charge is -2.12. The fraction of sp³-hybridized carbons (Fsp3) is 0.400. The van der Waals surface area contributed by atoms with Gasteiger partial charge in [0, 0.05) is 16.6 Å². The molecule has 84 valence electrons. The molecule has 2 rings (SSSR count). The Kier molecular flexibility index (Phi) is 5.00. The minimum atomic E-state index is 0. The lowest BCUT2D eigenvalue weighted by atomic mass is 10.3. The van der Waals surface area contributed by atoms with Crippen molar-refractivity contribution in [2.75, 3.05) is 13.1 Å². The van der Waals surface area contributed by atoms with Crippen molar-refractivity contribution < 1.29 is 4.74 Å². The Hall–Kier alpha value is -0.150. The van der Waals surface area contributed by atoms with E-state index in [0.29, 0.717) is 10.0 Å². The first-order valence-electron chi connectivity index (χ1n) is 4.57. The van der Waals surface area contributed by atoms with Crippen molar-refractivity contribution in [2.45, 2.75) is 12.5 Å². The summed E-state index contributed by atoms with van der Waals surface area (Å²) in [6, 6.07) is 5.26. The Morgan fingerprint density at radius 2 is 1.87 bits per heavy atom. The molecule has 0 radical (unpaired) electrons. The summed E-state index contributed by atoms with van der Waals surface area (Å²) in [7, 11) is 0. The molecule has 1 N–H and O–H groups in total. The molecule has 1 aromatic carbocycles. The highest BCUT2D eigenvalue weighted by molar-refractivity contribution is 6.34. The Morgan fingerprint density at radius 3 is 2.40 bits per heavy atom. The zero-order valence-corrected chi connectivity index (χ0v) is 10.3. The van der Waals surface area contributed by atoms with Crippen molar-refractivity contribution in [3.05, 3.63) is 28.2 Å². The van der Waals surface area contributed by atoms with Gasteiger partial charge in [-0.25, -0.2) is 0 Å². The summed E-state index contributed by atoms with van der Waals surface area (Å²) in [5, 5.41) is 4.45. The molecule has 1 aliphatic rings. The van der Waals surface area contributed by atoms with Gasteiger partial charge in [-0.05, 0) is 31.2 Å². The fourth-order valence-corrected chi connectivity index (χ4v) is 2.02. The van der Waals surface area contributed by atoms with Gasteiger partial charge >= 0.3 is 0 Å². The first kappa shape index (κ1) is 12.9. The quantitative estimate of drug-likeness (QED) is 0.890. The van der Waals surface area contributed by atoms with Crippen LogP contribution in [0.4, 0.5) is 0 Å². The van der Waals surface area contributed by atoms with Crippen LogP contribution >= 0.6 is 35.6 Å². The lowest BCUT2D eigenvalue weighted by molar-refractivity contribution is 0.223. The van der Waals surface area contributed by atoms with Crippen molar-refractivity contribution in [3.8, 4) is 5.75 Å². The first-order valence-corrected chi connectivity index (χ1v) is 5.33. The zero-order valence-electron chi connectivity index (χ0n) is 8.00. The SMILES string of the molecule is Cl.Clc1cc(Cl)cc(OC2CCNC2)c1. The van der Waals surface area contributed by atoms with E-state index >= 15 is 0 Å². The van der Waals surface area contributed by atoms with E-state index in [1.54, 1.807) is 18.2 Å². The van der Waals surface area contributed by atoms with Gasteiger partial charge in [0.15, 0.2) is 0 Å². The molecule has 0 bridgehead atoms. The van der Waals surface area contributed by atoms with Gasteiger partial charge in [0.1, 0.15) is 11.9 Å². The van der Waals surface area contributed by atoms with E-state index in [0.717, 1.165) is 25.3 Å². The molecular formula is C10H12Cl3NO. The molecule has 1 unspecified atom stereocenters. The molecule has 2 nitrogen and oxygen atoms in total. The van der Waals surface area contributed by atoms with Crippen LogP contribution in [0.25, 0.3) is 0 Å². The monoisotopic (exact) mass is 267 g/mol. The van der Waals surface area contributed by atoms with Crippen molar-refractivity contribution in [3.63, 3.8) is 0 Å². The zero-order chi connectivity index (χ0) is 9.97. The van der Waals surface area contributed by atoms with Crippen molar-refractivity contribution in [1.29, 1.82) is 0 Å². The minimum Gasteiger partial charge on any atom is -0.489 e. The van der Waals surface area contributed by atoms with Crippen LogP contribution in [-0.4, -0.2) is 19.2 Å². The number of hydrogen-bond donors (Lipinski definition) is 1. The van der Waals surface area contributed by atoms with Crippen LogP contribution in [0.1, 0.15) is 6.42 Å². The number of nitrogens with one attached hydrogen (secondary N) is 1. The van der Waals surface area contributed by atoms with Gasteiger partial charge in [0.05, 0.1) is 0 Å². The van der Waals surface area contributed by atoms with Crippen LogP contribution in [0.5, 0.6) is 5.75 Å². The largest absolute Gasteiger partial charge is 0.489 e. The lowest BCUT2D eigenvalue weighted by Crippen LogP contribution is -2.19. The minimum absolute atomic E-state index is 0. The Labute approximate surface area is 105 Å². The highest BCUT2D eigenvalue weighted by atomic mass is 35.5. The molecule has 0 aromatic heterocycles. The maximum atomic E-state index is 5.86. The summed E-state index contributed by atoms with van der Waals surface area (Å²) in [6.07, 6.45) is 1.27. The number of halogens is 3. The van der Waals surface area contributed by atoms with E-state index < -0.39 is 0 Å². The normalized spacial score (nSPS) is 19.7. The number of hydrogen-bond acceptors (Lipinski definition) is 2. The van der Waals surface area contributed by atoms with Gasteiger partial charge in [-0.15, -0.1) is 12.4 Å². The summed E-state index contributed by atoms with van der Waals surface area (Å²) in [6.45, 7) is 1.91. The topological polar surface area (TPSA) is 21.3 Å². The van der Waals surface area contributed by atoms with Crippen LogP contribution in [0.2, 0.25) is 10.0 Å². The van der Waals surface area contributed by atoms with Crippen molar-refractivity contribution in [1.82, 2.24) is 5.32 Å². The predicted octanol–water partition coefficient (Wildman–Crippen LogP) is 3.16. The van der Waals surface area contributed by atoms with Crippen LogP contribution in [0.15, 0.2) is 18.2 Å². The highest BCUT2D eigenvalue weighted by Gasteiger charge is 2.16. The van der Waals surface area contributed by atoms with Gasteiger partial charge < -0.3 is 10.1 Å². The van der Waals surface area contributed by atoms with Crippen LogP contribution in [0.3, 0.4) is 0 Å². The van der Waals surface area contributed by atoms with Gasteiger partial charge in [-0.1, -0.05) is 23.2 Å². The second-order valence-electron chi connectivity index (χ2n) is 3.34. The third kappa shape index (κ3) is 3.72. The van der Waals surface area contributed by atoms with Gasteiger partial charge in [0.25, 0.3) is 0 Å². The summed E-state index contributed by atoms with van der Waals surface area (Å²) in [5.41, 5.74) is 0. The van der Waals surface area contributed by atoms with E-state index in [1.807, 2.05) is 0 Å². The van der Waals surface area contributed by atoms with Crippen LogP contribution in [0, 0.1) is 0 Å². The molecular weight excluding hydrogens is 256 g/mol. The van der Waals surface area contributed by atoms with Crippen LogP contribution in [-0.2, 0) is 0 Å². The molecule has 0 amide bonds. The maximum Gasteiger partial charge on any atom is 0.122 e. The van der Waals surface area contributed by atoms with Crippen molar-refractivity contribution >= 4 is 35.6 Å². The molecule has 1 heterocycles. The van der Waals surface area contributed by atoms with Gasteiger partial charge in [0.2, 0.25) is 0 Å². The van der Waals surface area contributed by atoms with Crippen molar-refractivity contribution in [2.24, 2.45) is 0 Å². The summed E-state index contributed by atoms with van der Waals surface area (Å²) in [5.74, 6) is 0.746. The molecule has 15 heavy (non-hydrogen) atoms. The maximum absolute atomic E-state index is 5.86. The molecule has 1 saturated heterocycles. The first-order chi connectivity index (χ1) is 6.74. The standard InChI is InChI=1S/C10H11Cl2NO.ClH/c11-7-3-8(12)5-10(4-7)14-9-1-2-13-6-9;/h3-5,9,13H,1-2,6H2;1H. The number of ether oxygens (including phenoxy) is 1. The fourth-order valence-electron chi connectivity index (χ4n) is 1.52. The van der Waals surface area contributed by atoms with E-state index in [9.17, 15) is 0 Å². The number of benzene rings is 1. The molecule has 0 saturated carbocycles. The van der Waals surface area contributed by atoms with E-state index in [2.05, 4.69) is 5.32 Å². The molecule has 5 heteroatoms. The van der Waals surface area contributed by atoms with Gasteiger partial charge in [-0.2, -0.15) is 0 Å². The van der Waals surface area contributed by atoms with E-state index in [4.69, 9.17) is 27.9 Å². The summed E-state index contributed by atoms with van der Waals surface area (Å²) < 4.78 is 5.71. The molecule has 1 aliphatic heterocycles.